The molecule has 0 aliphatic heterocycles. The first-order chi connectivity index (χ1) is 10.4. The fourth-order valence-corrected chi connectivity index (χ4v) is 1.90. The molecule has 1 aromatic carbocycles. The molecule has 1 amide bonds. The second-order valence-corrected chi connectivity index (χ2v) is 4.84. The van der Waals surface area contributed by atoms with Crippen LogP contribution in [0.4, 0.5) is 8.78 Å². The lowest BCUT2D eigenvalue weighted by Gasteiger charge is -2.15. The van der Waals surface area contributed by atoms with Gasteiger partial charge in [0.25, 0.3) is 0 Å². The number of carboxylic acid groups (broad SMARTS) is 1. The summed E-state index contributed by atoms with van der Waals surface area (Å²) in [6.45, 7) is -1.09. The number of nitrogens with one attached hydrogen (secondary N) is 1. The van der Waals surface area contributed by atoms with Gasteiger partial charge in [-0.1, -0.05) is 12.1 Å². The van der Waals surface area contributed by atoms with E-state index in [1.54, 1.807) is 19.1 Å². The summed E-state index contributed by atoms with van der Waals surface area (Å²) >= 11 is 0. The standard InChI is InChI=1S/C15H19F2NO4/c1-10(18-13(19)4-2-3-5-14(20)21)11-6-8-12(9-7-11)22-15(16)17/h6-10,15H,2-5H2,1H3,(H,18,19)(H,20,21). The number of carboxylic acids is 1. The summed E-state index contributed by atoms with van der Waals surface area (Å²) in [6.07, 6.45) is 1.27. The van der Waals surface area contributed by atoms with Crippen LogP contribution < -0.4 is 10.1 Å². The number of carbonyl (C=O) groups excluding carboxylic acids is 1. The lowest BCUT2D eigenvalue weighted by molar-refractivity contribution is -0.137. The van der Waals surface area contributed by atoms with Crippen molar-refractivity contribution < 1.29 is 28.2 Å². The number of hydrogen-bond acceptors (Lipinski definition) is 3. The maximum atomic E-state index is 12.0. The quantitative estimate of drug-likeness (QED) is 0.687. The Morgan fingerprint density at radius 3 is 2.32 bits per heavy atom. The molecule has 7 heteroatoms. The summed E-state index contributed by atoms with van der Waals surface area (Å²) in [4.78, 5) is 22.0. The minimum atomic E-state index is -2.87. The zero-order valence-corrected chi connectivity index (χ0v) is 12.2. The van der Waals surface area contributed by atoms with E-state index in [1.807, 2.05) is 0 Å². The average molecular weight is 315 g/mol. The van der Waals surface area contributed by atoms with Gasteiger partial charge in [0.15, 0.2) is 0 Å². The number of alkyl halides is 2. The van der Waals surface area contributed by atoms with Crippen LogP contribution in [0.25, 0.3) is 0 Å². The number of unbranched alkanes of at least 4 members (excludes halogenated alkanes) is 1. The third kappa shape index (κ3) is 7.01. The predicted octanol–water partition coefficient (Wildman–Crippen LogP) is 3.11. The lowest BCUT2D eigenvalue weighted by Crippen LogP contribution is -2.26. The first-order valence-corrected chi connectivity index (χ1v) is 6.94. The molecular weight excluding hydrogens is 296 g/mol. The molecular formula is C15H19F2NO4. The van der Waals surface area contributed by atoms with Gasteiger partial charge in [-0.2, -0.15) is 8.78 Å². The Hall–Kier alpha value is -2.18. The van der Waals surface area contributed by atoms with Crippen LogP contribution in [-0.2, 0) is 9.59 Å². The number of halogens is 2. The molecule has 0 spiro atoms. The van der Waals surface area contributed by atoms with Gasteiger partial charge < -0.3 is 15.2 Å². The summed E-state index contributed by atoms with van der Waals surface area (Å²) in [7, 11) is 0. The van der Waals surface area contributed by atoms with Crippen molar-refractivity contribution in [2.45, 2.75) is 45.3 Å². The van der Waals surface area contributed by atoms with E-state index in [4.69, 9.17) is 5.11 Å². The molecule has 0 fully saturated rings. The van der Waals surface area contributed by atoms with Crippen molar-refractivity contribution in [1.82, 2.24) is 5.32 Å². The molecule has 1 aromatic rings. The van der Waals surface area contributed by atoms with Crippen molar-refractivity contribution in [3.05, 3.63) is 29.8 Å². The first-order valence-electron chi connectivity index (χ1n) is 6.94. The fourth-order valence-electron chi connectivity index (χ4n) is 1.90. The second kappa shape index (κ2) is 8.96. The SMILES string of the molecule is CC(NC(=O)CCCCC(=O)O)c1ccc(OC(F)F)cc1. The zero-order valence-electron chi connectivity index (χ0n) is 12.2. The predicted molar refractivity (Wildman–Crippen MR) is 75.7 cm³/mol. The Morgan fingerprint density at radius 1 is 1.18 bits per heavy atom. The summed E-state index contributed by atoms with van der Waals surface area (Å²) in [5, 5.41) is 11.3. The highest BCUT2D eigenvalue weighted by molar-refractivity contribution is 5.76. The van der Waals surface area contributed by atoms with Crippen LogP contribution >= 0.6 is 0 Å². The molecule has 1 unspecified atom stereocenters. The third-order valence-corrected chi connectivity index (χ3v) is 3.03. The molecule has 0 bridgehead atoms. The molecule has 0 aromatic heterocycles. The molecule has 2 N–H and O–H groups in total. The Bertz CT molecular complexity index is 491. The van der Waals surface area contributed by atoms with Gasteiger partial charge >= 0.3 is 12.6 Å². The zero-order chi connectivity index (χ0) is 16.5. The van der Waals surface area contributed by atoms with Crippen molar-refractivity contribution in [3.8, 4) is 5.75 Å². The average Bonchev–Trinajstić information content (AvgIpc) is 2.43. The number of ether oxygens (including phenoxy) is 1. The van der Waals surface area contributed by atoms with Crippen LogP contribution in [0.15, 0.2) is 24.3 Å². The van der Waals surface area contributed by atoms with Gasteiger partial charge in [-0.25, -0.2) is 0 Å². The van der Waals surface area contributed by atoms with E-state index in [1.165, 1.54) is 12.1 Å². The van der Waals surface area contributed by atoms with Crippen molar-refractivity contribution >= 4 is 11.9 Å². The van der Waals surface area contributed by atoms with Gasteiger partial charge in [0, 0.05) is 12.8 Å². The van der Waals surface area contributed by atoms with Crippen LogP contribution in [0.1, 0.15) is 44.2 Å². The monoisotopic (exact) mass is 315 g/mol. The van der Waals surface area contributed by atoms with E-state index < -0.39 is 12.6 Å². The normalized spacial score (nSPS) is 12.0. The van der Waals surface area contributed by atoms with Crippen molar-refractivity contribution in [2.24, 2.45) is 0 Å². The van der Waals surface area contributed by atoms with Gasteiger partial charge in [0.05, 0.1) is 6.04 Å². The number of carbonyl (C=O) groups is 2. The van der Waals surface area contributed by atoms with Crippen LogP contribution in [0.2, 0.25) is 0 Å². The van der Waals surface area contributed by atoms with Crippen molar-refractivity contribution in [1.29, 1.82) is 0 Å². The molecule has 0 aliphatic rings. The highest BCUT2D eigenvalue weighted by Crippen LogP contribution is 2.19. The largest absolute Gasteiger partial charge is 0.481 e. The summed E-state index contributed by atoms with van der Waals surface area (Å²) in [5.74, 6) is -0.989. The molecule has 0 saturated heterocycles. The fraction of sp³-hybridized carbons (Fsp3) is 0.467. The van der Waals surface area contributed by atoms with E-state index in [-0.39, 0.29) is 30.5 Å². The molecule has 5 nitrogen and oxygen atoms in total. The molecule has 1 atom stereocenters. The van der Waals surface area contributed by atoms with E-state index in [9.17, 15) is 18.4 Å². The Morgan fingerprint density at radius 2 is 1.77 bits per heavy atom. The Labute approximate surface area is 127 Å². The highest BCUT2D eigenvalue weighted by Gasteiger charge is 2.10. The second-order valence-electron chi connectivity index (χ2n) is 4.84. The van der Waals surface area contributed by atoms with Crippen LogP contribution in [0, 0.1) is 0 Å². The van der Waals surface area contributed by atoms with Gasteiger partial charge in [-0.3, -0.25) is 9.59 Å². The maximum Gasteiger partial charge on any atom is 0.387 e. The Balaban J connectivity index is 2.39. The minimum absolute atomic E-state index is 0.0500. The van der Waals surface area contributed by atoms with Crippen LogP contribution in [-0.4, -0.2) is 23.6 Å². The summed E-state index contributed by atoms with van der Waals surface area (Å²) < 4.78 is 28.3. The first kappa shape index (κ1) is 17.9. The highest BCUT2D eigenvalue weighted by atomic mass is 19.3. The number of benzene rings is 1. The smallest absolute Gasteiger partial charge is 0.387 e. The molecule has 0 heterocycles. The number of hydrogen-bond donors (Lipinski definition) is 2. The van der Waals surface area contributed by atoms with Gasteiger partial charge in [0.1, 0.15) is 5.75 Å². The van der Waals surface area contributed by atoms with Gasteiger partial charge in [-0.05, 0) is 37.5 Å². The summed E-state index contributed by atoms with van der Waals surface area (Å²) in [5.41, 5.74) is 0.764. The summed E-state index contributed by atoms with van der Waals surface area (Å²) in [6, 6.07) is 5.77. The molecule has 0 radical (unpaired) electrons. The topological polar surface area (TPSA) is 75.6 Å². The van der Waals surface area contributed by atoms with Gasteiger partial charge in [-0.15, -0.1) is 0 Å². The van der Waals surface area contributed by atoms with Crippen LogP contribution in [0.5, 0.6) is 5.75 Å². The third-order valence-electron chi connectivity index (χ3n) is 3.03. The molecule has 0 aliphatic carbocycles. The van der Waals surface area contributed by atoms with E-state index >= 15 is 0 Å². The molecule has 22 heavy (non-hydrogen) atoms. The number of aliphatic carboxylic acids is 1. The molecule has 1 rings (SSSR count). The minimum Gasteiger partial charge on any atom is -0.481 e. The maximum absolute atomic E-state index is 12.0. The lowest BCUT2D eigenvalue weighted by atomic mass is 10.1. The number of amides is 1. The van der Waals surface area contributed by atoms with Crippen molar-refractivity contribution in [2.75, 3.05) is 0 Å². The van der Waals surface area contributed by atoms with Crippen molar-refractivity contribution in [3.63, 3.8) is 0 Å². The number of rotatable bonds is 9. The van der Waals surface area contributed by atoms with Gasteiger partial charge in [0.2, 0.25) is 5.91 Å². The van der Waals surface area contributed by atoms with E-state index in [2.05, 4.69) is 10.1 Å². The van der Waals surface area contributed by atoms with E-state index in [0.717, 1.165) is 5.56 Å². The van der Waals surface area contributed by atoms with E-state index in [0.29, 0.717) is 12.8 Å². The molecule has 122 valence electrons. The Kier molecular flexibility index (Phi) is 7.28. The van der Waals surface area contributed by atoms with Crippen LogP contribution in [0.3, 0.4) is 0 Å². The molecule has 0 saturated carbocycles.